The highest BCUT2D eigenvalue weighted by Crippen LogP contribution is 2.63. The number of morpholine rings is 1. The standard InChI is InChI=1S/C31H36N4O5S/c1-17-7-9-32-21(13-18-15-34(11-12-39-18)29(38)40-30(2,3)4)23(17)20-8-10-33-22-14-19(41-26(20)22)16-35-27(36)24-25(28(35)37)31(24,5)6/h7-10,14,18,24-25H,11-13,15-16H2,1-6H3. The Balaban J connectivity index is 1.26. The Bertz CT molecular complexity index is 1530. The quantitative estimate of drug-likeness (QED) is 0.395. The number of aromatic nitrogens is 2. The molecular weight excluding hydrogens is 540 g/mol. The first kappa shape index (κ1) is 27.8. The molecule has 216 valence electrons. The number of hydrogen-bond donors (Lipinski definition) is 0. The third-order valence-electron chi connectivity index (χ3n) is 8.39. The van der Waals surface area contributed by atoms with E-state index < -0.39 is 5.60 Å². The molecule has 3 aromatic rings. The van der Waals surface area contributed by atoms with Crippen molar-refractivity contribution in [2.45, 2.75) is 66.2 Å². The lowest BCUT2D eigenvalue weighted by molar-refractivity contribution is -0.143. The number of imide groups is 1. The van der Waals surface area contributed by atoms with E-state index in [0.29, 0.717) is 26.1 Å². The van der Waals surface area contributed by atoms with Gasteiger partial charge >= 0.3 is 6.09 Å². The van der Waals surface area contributed by atoms with Crippen molar-refractivity contribution < 1.29 is 23.9 Å². The molecule has 2 aliphatic heterocycles. The van der Waals surface area contributed by atoms with Crippen LogP contribution in [0.3, 0.4) is 0 Å². The summed E-state index contributed by atoms with van der Waals surface area (Å²) in [5.74, 6) is -0.498. The Labute approximate surface area is 243 Å². The molecule has 0 N–H and O–H groups in total. The van der Waals surface area contributed by atoms with Gasteiger partial charge in [-0.25, -0.2) is 4.79 Å². The number of hydrogen-bond acceptors (Lipinski definition) is 8. The van der Waals surface area contributed by atoms with Crippen molar-refractivity contribution in [3.05, 3.63) is 46.7 Å². The Morgan fingerprint density at radius 1 is 1.15 bits per heavy atom. The van der Waals surface area contributed by atoms with Crippen LogP contribution in [0, 0.1) is 24.2 Å². The molecule has 6 rings (SSSR count). The molecule has 3 amide bonds. The Morgan fingerprint density at radius 2 is 1.85 bits per heavy atom. The van der Waals surface area contributed by atoms with Crippen LogP contribution in [0.5, 0.6) is 0 Å². The van der Waals surface area contributed by atoms with Gasteiger partial charge in [-0.3, -0.25) is 24.5 Å². The van der Waals surface area contributed by atoms with Gasteiger partial charge in [-0.15, -0.1) is 11.3 Å². The summed E-state index contributed by atoms with van der Waals surface area (Å²) in [6, 6.07) is 5.96. The van der Waals surface area contributed by atoms with Crippen LogP contribution in [-0.4, -0.2) is 69.1 Å². The molecule has 41 heavy (non-hydrogen) atoms. The first-order chi connectivity index (χ1) is 19.3. The molecule has 0 spiro atoms. The molecule has 5 heterocycles. The lowest BCUT2D eigenvalue weighted by Gasteiger charge is -2.34. The van der Waals surface area contributed by atoms with Crippen LogP contribution >= 0.6 is 11.3 Å². The van der Waals surface area contributed by atoms with Gasteiger partial charge in [-0.05, 0) is 56.9 Å². The molecule has 3 unspecified atom stereocenters. The highest BCUT2D eigenvalue weighted by molar-refractivity contribution is 7.19. The lowest BCUT2D eigenvalue weighted by atomic mass is 9.96. The third kappa shape index (κ3) is 5.01. The van der Waals surface area contributed by atoms with Gasteiger partial charge in [0, 0.05) is 41.4 Å². The average Bonchev–Trinajstić information content (AvgIpc) is 3.14. The van der Waals surface area contributed by atoms with Crippen LogP contribution in [0.25, 0.3) is 21.3 Å². The minimum absolute atomic E-state index is 0.0612. The van der Waals surface area contributed by atoms with E-state index in [0.717, 1.165) is 37.5 Å². The van der Waals surface area contributed by atoms with E-state index in [1.165, 1.54) is 4.90 Å². The summed E-state index contributed by atoms with van der Waals surface area (Å²) in [5, 5.41) is 0. The summed E-state index contributed by atoms with van der Waals surface area (Å²) in [5.41, 5.74) is 4.03. The summed E-state index contributed by atoms with van der Waals surface area (Å²) in [7, 11) is 0. The van der Waals surface area contributed by atoms with Gasteiger partial charge in [0.05, 0.1) is 53.5 Å². The number of aryl methyl sites for hydroxylation is 1. The topological polar surface area (TPSA) is 102 Å². The summed E-state index contributed by atoms with van der Waals surface area (Å²) >= 11 is 1.56. The number of carbonyl (C=O) groups is 3. The number of piperidine rings is 1. The number of pyridine rings is 2. The van der Waals surface area contributed by atoms with Gasteiger partial charge < -0.3 is 14.4 Å². The summed E-state index contributed by atoms with van der Waals surface area (Å²) in [6.45, 7) is 13.3. The largest absolute Gasteiger partial charge is 0.444 e. The molecule has 2 saturated heterocycles. The zero-order valence-electron chi connectivity index (χ0n) is 24.4. The highest BCUT2D eigenvalue weighted by Gasteiger charge is 2.72. The molecule has 3 fully saturated rings. The molecule has 3 aliphatic rings. The molecule has 9 nitrogen and oxygen atoms in total. The second kappa shape index (κ2) is 9.87. The second-order valence-electron chi connectivity index (χ2n) is 12.9. The number of thiophene rings is 1. The van der Waals surface area contributed by atoms with Crippen LogP contribution < -0.4 is 0 Å². The molecule has 3 atom stereocenters. The van der Waals surface area contributed by atoms with Gasteiger partial charge in [0.2, 0.25) is 11.8 Å². The maximum absolute atomic E-state index is 12.9. The van der Waals surface area contributed by atoms with Crippen molar-refractivity contribution in [3.8, 4) is 11.1 Å². The van der Waals surface area contributed by atoms with E-state index in [2.05, 4.69) is 11.9 Å². The fourth-order valence-corrected chi connectivity index (χ4v) is 7.39. The van der Waals surface area contributed by atoms with Crippen LogP contribution in [0.1, 0.15) is 50.8 Å². The number of amides is 3. The fraction of sp³-hybridized carbons (Fsp3) is 0.516. The minimum atomic E-state index is -0.561. The molecule has 0 bridgehead atoms. The van der Waals surface area contributed by atoms with E-state index in [1.807, 2.05) is 52.8 Å². The van der Waals surface area contributed by atoms with Crippen LogP contribution in [-0.2, 0) is 32.0 Å². The van der Waals surface area contributed by atoms with Crippen molar-refractivity contribution in [1.29, 1.82) is 0 Å². The number of likely N-dealkylation sites (tertiary alicyclic amines) is 1. The average molecular weight is 577 g/mol. The Kier molecular flexibility index (Phi) is 6.69. The van der Waals surface area contributed by atoms with Crippen LogP contribution in [0.2, 0.25) is 0 Å². The summed E-state index contributed by atoms with van der Waals surface area (Å²) in [6.07, 6.45) is 3.58. The first-order valence-electron chi connectivity index (χ1n) is 14.1. The second-order valence-corrected chi connectivity index (χ2v) is 14.0. The van der Waals surface area contributed by atoms with E-state index in [9.17, 15) is 14.4 Å². The van der Waals surface area contributed by atoms with Crippen LogP contribution in [0.4, 0.5) is 4.79 Å². The first-order valence-corrected chi connectivity index (χ1v) is 14.9. The SMILES string of the molecule is Cc1ccnc(CC2CN(C(=O)OC(C)(C)C)CCO2)c1-c1ccnc2cc(CN3C(=O)C4C(C3=O)C4(C)C)sc12. The molecule has 1 aliphatic carbocycles. The van der Waals surface area contributed by atoms with Crippen LogP contribution in [0.15, 0.2) is 30.6 Å². The van der Waals surface area contributed by atoms with Gasteiger partial charge in [-0.1, -0.05) is 13.8 Å². The van der Waals surface area contributed by atoms with Crippen molar-refractivity contribution in [1.82, 2.24) is 19.8 Å². The monoisotopic (exact) mass is 576 g/mol. The molecule has 10 heteroatoms. The Morgan fingerprint density at radius 3 is 2.56 bits per heavy atom. The fourth-order valence-electron chi connectivity index (χ4n) is 6.27. The Hall–Kier alpha value is -3.37. The molecule has 0 radical (unpaired) electrons. The smallest absolute Gasteiger partial charge is 0.410 e. The molecule has 1 saturated carbocycles. The number of ether oxygens (including phenoxy) is 2. The van der Waals surface area contributed by atoms with Gasteiger partial charge in [0.25, 0.3) is 0 Å². The maximum atomic E-state index is 12.9. The number of carbonyl (C=O) groups excluding carboxylic acids is 3. The molecule has 0 aromatic carbocycles. The number of nitrogens with zero attached hydrogens (tertiary/aromatic N) is 4. The van der Waals surface area contributed by atoms with E-state index >= 15 is 0 Å². The van der Waals surface area contributed by atoms with Crippen molar-refractivity contribution in [2.24, 2.45) is 17.3 Å². The number of rotatable bonds is 5. The zero-order valence-corrected chi connectivity index (χ0v) is 25.2. The maximum Gasteiger partial charge on any atom is 0.410 e. The van der Waals surface area contributed by atoms with Gasteiger partial charge in [0.1, 0.15) is 5.60 Å². The van der Waals surface area contributed by atoms with Gasteiger partial charge in [0.15, 0.2) is 0 Å². The third-order valence-corrected chi connectivity index (χ3v) is 9.53. The number of fused-ring (bicyclic) bond motifs is 2. The zero-order chi connectivity index (χ0) is 29.3. The minimum Gasteiger partial charge on any atom is -0.444 e. The normalized spacial score (nSPS) is 23.7. The highest BCUT2D eigenvalue weighted by atomic mass is 32.1. The summed E-state index contributed by atoms with van der Waals surface area (Å²) < 4.78 is 12.6. The molecular formula is C31H36N4O5S. The van der Waals surface area contributed by atoms with Crippen molar-refractivity contribution in [2.75, 3.05) is 19.7 Å². The van der Waals surface area contributed by atoms with E-state index in [-0.39, 0.29) is 47.8 Å². The van der Waals surface area contributed by atoms with Crippen molar-refractivity contribution >= 4 is 39.5 Å². The van der Waals surface area contributed by atoms with E-state index in [4.69, 9.17) is 14.5 Å². The lowest BCUT2D eigenvalue weighted by Crippen LogP contribution is -2.48. The predicted octanol–water partition coefficient (Wildman–Crippen LogP) is 4.99. The van der Waals surface area contributed by atoms with Crippen molar-refractivity contribution in [3.63, 3.8) is 0 Å². The molecule has 3 aromatic heterocycles. The summed E-state index contributed by atoms with van der Waals surface area (Å²) in [4.78, 5) is 52.0. The predicted molar refractivity (Wildman–Crippen MR) is 155 cm³/mol. The van der Waals surface area contributed by atoms with E-state index in [1.54, 1.807) is 28.6 Å². The van der Waals surface area contributed by atoms with Gasteiger partial charge in [-0.2, -0.15) is 0 Å².